The Morgan fingerprint density at radius 2 is 1.73 bits per heavy atom. The van der Waals surface area contributed by atoms with E-state index in [1.807, 2.05) is 19.1 Å². The zero-order valence-corrected chi connectivity index (χ0v) is 16.9. The number of hydrogen-bond donors (Lipinski definition) is 3. The van der Waals surface area contributed by atoms with Crippen molar-refractivity contribution in [3.05, 3.63) is 94.7 Å². The van der Waals surface area contributed by atoms with Crippen LogP contribution in [0.4, 0.5) is 17.1 Å². The second-order valence-corrected chi connectivity index (χ2v) is 7.99. The Labute approximate surface area is 176 Å². The molecule has 0 radical (unpaired) electrons. The van der Waals surface area contributed by atoms with Crippen molar-refractivity contribution in [1.29, 1.82) is 0 Å². The molecule has 5 rings (SSSR count). The van der Waals surface area contributed by atoms with Crippen LogP contribution in [0.3, 0.4) is 0 Å². The molecular weight excluding hydrogens is 372 g/mol. The first-order valence-electron chi connectivity index (χ1n) is 10.1. The highest BCUT2D eigenvalue weighted by Crippen LogP contribution is 2.35. The average Bonchev–Trinajstić information content (AvgIpc) is 3.28. The van der Waals surface area contributed by atoms with Gasteiger partial charge < -0.3 is 16.4 Å². The van der Waals surface area contributed by atoms with Crippen molar-refractivity contribution in [2.75, 3.05) is 16.4 Å². The molecule has 0 atom stereocenters. The third kappa shape index (κ3) is 3.44. The Bertz CT molecular complexity index is 1140. The Kier molecular flexibility index (Phi) is 4.52. The predicted octanol–water partition coefficient (Wildman–Crippen LogP) is 4.58. The number of nitrogen functional groups attached to an aromatic ring is 1. The third-order valence-corrected chi connectivity index (χ3v) is 5.76. The second kappa shape index (κ2) is 7.35. The number of nitrogens with zero attached hydrogens (tertiary/aromatic N) is 1. The number of anilines is 3. The first-order chi connectivity index (χ1) is 14.6. The molecular formula is C25H24N4O. The molecule has 4 N–H and O–H groups in total. The largest absolute Gasteiger partial charge is 0.399 e. The molecule has 0 saturated carbocycles. The second-order valence-electron chi connectivity index (χ2n) is 7.99. The van der Waals surface area contributed by atoms with Gasteiger partial charge in [-0.2, -0.15) is 0 Å². The summed E-state index contributed by atoms with van der Waals surface area (Å²) in [5.41, 5.74) is 14.7. The minimum Gasteiger partial charge on any atom is -0.399 e. The minimum absolute atomic E-state index is 0.106. The summed E-state index contributed by atoms with van der Waals surface area (Å²) >= 11 is 0. The zero-order chi connectivity index (χ0) is 20.7. The maximum Gasteiger partial charge on any atom is 0.258 e. The fourth-order valence-corrected chi connectivity index (χ4v) is 4.30. The summed E-state index contributed by atoms with van der Waals surface area (Å²) in [6.07, 6.45) is 0. The van der Waals surface area contributed by atoms with Crippen molar-refractivity contribution in [3.8, 4) is 0 Å². The molecule has 150 valence electrons. The van der Waals surface area contributed by atoms with Gasteiger partial charge in [-0.05, 0) is 53.9 Å². The van der Waals surface area contributed by atoms with Gasteiger partial charge in [-0.15, -0.1) is 0 Å². The maximum atomic E-state index is 12.5. The molecule has 5 nitrogen and oxygen atoms in total. The van der Waals surface area contributed by atoms with Crippen LogP contribution in [0.2, 0.25) is 0 Å². The summed E-state index contributed by atoms with van der Waals surface area (Å²) in [5, 5.41) is 6.27. The number of hydrogen-bond acceptors (Lipinski definition) is 4. The monoisotopic (exact) mass is 396 g/mol. The molecule has 0 aliphatic carbocycles. The van der Waals surface area contributed by atoms with E-state index in [1.54, 1.807) is 6.07 Å². The van der Waals surface area contributed by atoms with Gasteiger partial charge >= 0.3 is 0 Å². The molecule has 0 aromatic heterocycles. The SMILES string of the molecule is CC(Nc1ccc(CN2Cc3ccccc3C2)cc1)=C1C(=O)Nc2ccc(N)cc21. The lowest BCUT2D eigenvalue weighted by molar-refractivity contribution is -0.110. The highest BCUT2D eigenvalue weighted by Gasteiger charge is 2.26. The standard InChI is InChI=1S/C25H24N4O/c1-16(24-22-12-20(26)8-11-23(22)28-25(24)30)27-21-9-6-17(7-10-21)13-29-14-18-4-2-3-5-19(18)15-29/h2-12,27H,13-15,26H2,1H3,(H,28,30). The summed E-state index contributed by atoms with van der Waals surface area (Å²) in [7, 11) is 0. The van der Waals surface area contributed by atoms with Crippen LogP contribution in [-0.4, -0.2) is 10.8 Å². The lowest BCUT2D eigenvalue weighted by Gasteiger charge is -2.15. The number of allylic oxidation sites excluding steroid dienone is 1. The Balaban J connectivity index is 1.30. The van der Waals surface area contributed by atoms with E-state index in [9.17, 15) is 4.79 Å². The van der Waals surface area contributed by atoms with Gasteiger partial charge in [-0.1, -0.05) is 36.4 Å². The fourth-order valence-electron chi connectivity index (χ4n) is 4.30. The summed E-state index contributed by atoms with van der Waals surface area (Å²) in [4.78, 5) is 14.9. The summed E-state index contributed by atoms with van der Waals surface area (Å²) < 4.78 is 0. The Hall–Kier alpha value is -3.57. The van der Waals surface area contributed by atoms with Crippen molar-refractivity contribution in [1.82, 2.24) is 4.90 Å². The van der Waals surface area contributed by atoms with Gasteiger partial charge in [0.25, 0.3) is 5.91 Å². The molecule has 3 aromatic rings. The molecule has 1 amide bonds. The van der Waals surface area contributed by atoms with E-state index in [0.29, 0.717) is 11.3 Å². The number of fused-ring (bicyclic) bond motifs is 2. The lowest BCUT2D eigenvalue weighted by Crippen LogP contribution is -2.15. The summed E-state index contributed by atoms with van der Waals surface area (Å²) in [5.74, 6) is -0.106. The van der Waals surface area contributed by atoms with Gasteiger partial charge in [0.1, 0.15) is 0 Å². The van der Waals surface area contributed by atoms with Crippen LogP contribution in [0.15, 0.2) is 72.4 Å². The van der Waals surface area contributed by atoms with E-state index >= 15 is 0 Å². The van der Waals surface area contributed by atoms with Gasteiger partial charge in [0, 0.05) is 48.0 Å². The minimum atomic E-state index is -0.106. The molecule has 0 spiro atoms. The van der Waals surface area contributed by atoms with Crippen LogP contribution >= 0.6 is 0 Å². The van der Waals surface area contributed by atoms with Crippen molar-refractivity contribution in [2.45, 2.75) is 26.6 Å². The number of nitrogens with two attached hydrogens (primary N) is 1. The molecule has 3 aromatic carbocycles. The number of rotatable bonds is 4. The molecule has 30 heavy (non-hydrogen) atoms. The molecule has 2 aliphatic rings. The van der Waals surface area contributed by atoms with Crippen LogP contribution in [0, 0.1) is 0 Å². The van der Waals surface area contributed by atoms with Crippen molar-refractivity contribution >= 4 is 28.5 Å². The molecule has 0 bridgehead atoms. The molecule has 0 fully saturated rings. The first-order valence-corrected chi connectivity index (χ1v) is 10.1. The van der Waals surface area contributed by atoms with Crippen molar-refractivity contribution in [2.24, 2.45) is 0 Å². The van der Waals surface area contributed by atoms with Gasteiger partial charge in [0.15, 0.2) is 0 Å². The van der Waals surface area contributed by atoms with Crippen LogP contribution < -0.4 is 16.4 Å². The Morgan fingerprint density at radius 3 is 2.43 bits per heavy atom. The fraction of sp³-hybridized carbons (Fsp3) is 0.160. The van der Waals surface area contributed by atoms with Crippen LogP contribution in [0.5, 0.6) is 0 Å². The third-order valence-electron chi connectivity index (χ3n) is 5.76. The van der Waals surface area contributed by atoms with Gasteiger partial charge in [0.2, 0.25) is 0 Å². The lowest BCUT2D eigenvalue weighted by atomic mass is 10.0. The molecule has 5 heteroatoms. The predicted molar refractivity (Wildman–Crippen MR) is 122 cm³/mol. The van der Waals surface area contributed by atoms with Crippen LogP contribution in [-0.2, 0) is 24.4 Å². The summed E-state index contributed by atoms with van der Waals surface area (Å²) in [6.45, 7) is 4.84. The number of carbonyl (C=O) groups excluding carboxylic acids is 1. The maximum absolute atomic E-state index is 12.5. The highest BCUT2D eigenvalue weighted by atomic mass is 16.2. The van der Waals surface area contributed by atoms with E-state index < -0.39 is 0 Å². The van der Waals surface area contributed by atoms with Crippen molar-refractivity contribution < 1.29 is 4.79 Å². The topological polar surface area (TPSA) is 70.4 Å². The van der Waals surface area contributed by atoms with Gasteiger partial charge in [0.05, 0.1) is 5.57 Å². The normalized spacial score (nSPS) is 16.8. The number of benzene rings is 3. The van der Waals surface area contributed by atoms with E-state index in [1.165, 1.54) is 16.7 Å². The molecule has 2 aliphatic heterocycles. The van der Waals surface area contributed by atoms with E-state index in [-0.39, 0.29) is 5.91 Å². The zero-order valence-electron chi connectivity index (χ0n) is 16.9. The first kappa shape index (κ1) is 18.5. The van der Waals surface area contributed by atoms with Gasteiger partial charge in [-0.25, -0.2) is 0 Å². The van der Waals surface area contributed by atoms with E-state index in [2.05, 4.69) is 64.1 Å². The number of carbonyl (C=O) groups is 1. The summed E-state index contributed by atoms with van der Waals surface area (Å²) in [6, 6.07) is 22.5. The van der Waals surface area contributed by atoms with Crippen LogP contribution in [0.1, 0.15) is 29.2 Å². The van der Waals surface area contributed by atoms with E-state index in [4.69, 9.17) is 5.73 Å². The Morgan fingerprint density at radius 1 is 1.03 bits per heavy atom. The average molecular weight is 396 g/mol. The van der Waals surface area contributed by atoms with E-state index in [0.717, 1.165) is 42.3 Å². The molecule has 0 saturated heterocycles. The van der Waals surface area contributed by atoms with Crippen molar-refractivity contribution in [3.63, 3.8) is 0 Å². The number of nitrogens with one attached hydrogen (secondary N) is 2. The molecule has 0 unspecified atom stereocenters. The van der Waals surface area contributed by atoms with Gasteiger partial charge in [-0.3, -0.25) is 9.69 Å². The highest BCUT2D eigenvalue weighted by molar-refractivity contribution is 6.32. The van der Waals surface area contributed by atoms with Crippen LogP contribution in [0.25, 0.3) is 5.57 Å². The smallest absolute Gasteiger partial charge is 0.258 e. The number of amides is 1. The molecule has 2 heterocycles. The quantitative estimate of drug-likeness (QED) is 0.446.